The van der Waals surface area contributed by atoms with Gasteiger partial charge in [0.1, 0.15) is 12.4 Å². The summed E-state index contributed by atoms with van der Waals surface area (Å²) in [7, 11) is 0. The molecule has 1 aromatic carbocycles. The van der Waals surface area contributed by atoms with E-state index in [9.17, 15) is 0 Å². The van der Waals surface area contributed by atoms with Gasteiger partial charge in [-0.15, -0.1) is 0 Å². The molecule has 1 saturated heterocycles. The molecule has 1 heterocycles. The predicted octanol–water partition coefficient (Wildman–Crippen LogP) is 2.06. The highest BCUT2D eigenvalue weighted by molar-refractivity contribution is 5.41. The first-order valence-electron chi connectivity index (χ1n) is 7.63. The molecule has 0 bridgehead atoms. The Morgan fingerprint density at radius 3 is 2.40 bits per heavy atom. The van der Waals surface area contributed by atoms with Gasteiger partial charge in [0.05, 0.1) is 0 Å². The zero-order valence-electron chi connectivity index (χ0n) is 12.7. The lowest BCUT2D eigenvalue weighted by Gasteiger charge is -2.37. The number of nitrogen functional groups attached to an aromatic ring is 1. The number of ether oxygens (including phenoxy) is 1. The molecule has 1 aromatic rings. The number of nitrogens with zero attached hydrogens (tertiary/aromatic N) is 2. The number of benzene rings is 1. The number of piperazine rings is 1. The van der Waals surface area contributed by atoms with Crippen LogP contribution in [-0.4, -0.2) is 55.2 Å². The van der Waals surface area contributed by atoms with Crippen LogP contribution in [0.2, 0.25) is 0 Å². The summed E-state index contributed by atoms with van der Waals surface area (Å²) in [5, 5.41) is 0. The molecule has 1 aliphatic rings. The summed E-state index contributed by atoms with van der Waals surface area (Å²) in [4.78, 5) is 5.06. The summed E-state index contributed by atoms with van der Waals surface area (Å²) in [5.41, 5.74) is 6.43. The van der Waals surface area contributed by atoms with Crippen molar-refractivity contribution in [3.8, 4) is 5.75 Å². The molecule has 20 heavy (non-hydrogen) atoms. The Morgan fingerprint density at radius 2 is 1.80 bits per heavy atom. The van der Waals surface area contributed by atoms with Crippen molar-refractivity contribution in [3.63, 3.8) is 0 Å². The van der Waals surface area contributed by atoms with Gasteiger partial charge in [-0.05, 0) is 37.6 Å². The van der Waals surface area contributed by atoms with Crippen molar-refractivity contribution in [2.45, 2.75) is 26.3 Å². The summed E-state index contributed by atoms with van der Waals surface area (Å²) in [6.45, 7) is 11.0. The van der Waals surface area contributed by atoms with Crippen LogP contribution in [-0.2, 0) is 0 Å². The number of anilines is 1. The molecule has 0 saturated carbocycles. The molecule has 0 aromatic heterocycles. The van der Waals surface area contributed by atoms with Crippen molar-refractivity contribution in [3.05, 3.63) is 24.3 Å². The second-order valence-electron chi connectivity index (χ2n) is 5.55. The van der Waals surface area contributed by atoms with Crippen LogP contribution in [0.5, 0.6) is 5.75 Å². The smallest absolute Gasteiger partial charge is 0.119 e. The van der Waals surface area contributed by atoms with E-state index in [-0.39, 0.29) is 0 Å². The van der Waals surface area contributed by atoms with Crippen LogP contribution in [0.4, 0.5) is 5.69 Å². The predicted molar refractivity (Wildman–Crippen MR) is 84.1 cm³/mol. The van der Waals surface area contributed by atoms with Crippen molar-refractivity contribution in [1.82, 2.24) is 9.80 Å². The van der Waals surface area contributed by atoms with Crippen LogP contribution >= 0.6 is 0 Å². The maximum Gasteiger partial charge on any atom is 0.119 e. The SMILES string of the molecule is CCC(C)N1CCN(CCOc2ccc(N)cc2)CC1. The molecule has 4 heteroatoms. The van der Waals surface area contributed by atoms with E-state index in [1.807, 2.05) is 24.3 Å². The summed E-state index contributed by atoms with van der Waals surface area (Å²) in [6.07, 6.45) is 1.24. The van der Waals surface area contributed by atoms with Crippen molar-refractivity contribution >= 4 is 5.69 Å². The number of rotatable bonds is 6. The highest BCUT2D eigenvalue weighted by atomic mass is 16.5. The average molecular weight is 277 g/mol. The van der Waals surface area contributed by atoms with Crippen LogP contribution in [0, 0.1) is 0 Å². The monoisotopic (exact) mass is 277 g/mol. The Kier molecular flexibility index (Phi) is 5.68. The molecule has 0 spiro atoms. The highest BCUT2D eigenvalue weighted by Gasteiger charge is 2.19. The lowest BCUT2D eigenvalue weighted by atomic mass is 10.2. The maximum atomic E-state index is 5.75. The first kappa shape index (κ1) is 15.1. The molecule has 4 nitrogen and oxygen atoms in total. The van der Waals surface area contributed by atoms with Crippen LogP contribution in [0.25, 0.3) is 0 Å². The van der Waals surface area contributed by atoms with Crippen LogP contribution < -0.4 is 10.5 Å². The van der Waals surface area contributed by atoms with Crippen LogP contribution in [0.15, 0.2) is 24.3 Å². The molecular weight excluding hydrogens is 250 g/mol. The number of hydrogen-bond donors (Lipinski definition) is 1. The molecule has 2 N–H and O–H groups in total. The normalized spacial score (nSPS) is 18.9. The van der Waals surface area contributed by atoms with Crippen molar-refractivity contribution in [1.29, 1.82) is 0 Å². The van der Waals surface area contributed by atoms with E-state index in [1.165, 1.54) is 19.5 Å². The van der Waals surface area contributed by atoms with Crippen LogP contribution in [0.1, 0.15) is 20.3 Å². The lowest BCUT2D eigenvalue weighted by molar-refractivity contribution is 0.0905. The molecule has 0 amide bonds. The Hall–Kier alpha value is -1.26. The van der Waals surface area contributed by atoms with E-state index >= 15 is 0 Å². The first-order valence-corrected chi connectivity index (χ1v) is 7.63. The fourth-order valence-corrected chi connectivity index (χ4v) is 2.54. The molecule has 1 unspecified atom stereocenters. The van der Waals surface area contributed by atoms with Crippen molar-refractivity contribution in [2.24, 2.45) is 0 Å². The Labute approximate surface area is 122 Å². The van der Waals surface area contributed by atoms with Gasteiger partial charge in [0.15, 0.2) is 0 Å². The second-order valence-corrected chi connectivity index (χ2v) is 5.55. The van der Waals surface area contributed by atoms with E-state index in [4.69, 9.17) is 10.5 Å². The Morgan fingerprint density at radius 1 is 1.15 bits per heavy atom. The Bertz CT molecular complexity index is 385. The summed E-state index contributed by atoms with van der Waals surface area (Å²) < 4.78 is 5.75. The fourth-order valence-electron chi connectivity index (χ4n) is 2.54. The number of nitrogens with two attached hydrogens (primary N) is 1. The molecular formula is C16H27N3O. The van der Waals surface area contributed by atoms with E-state index in [0.717, 1.165) is 37.7 Å². The van der Waals surface area contributed by atoms with Gasteiger partial charge in [-0.3, -0.25) is 9.80 Å². The van der Waals surface area contributed by atoms with Gasteiger partial charge in [-0.2, -0.15) is 0 Å². The lowest BCUT2D eigenvalue weighted by Crippen LogP contribution is -2.50. The van der Waals surface area contributed by atoms with E-state index in [2.05, 4.69) is 23.6 Å². The molecule has 1 aliphatic heterocycles. The highest BCUT2D eigenvalue weighted by Crippen LogP contribution is 2.13. The van der Waals surface area contributed by atoms with Gasteiger partial charge < -0.3 is 10.5 Å². The van der Waals surface area contributed by atoms with Gasteiger partial charge in [-0.25, -0.2) is 0 Å². The minimum Gasteiger partial charge on any atom is -0.492 e. The van der Waals surface area contributed by atoms with Crippen molar-refractivity contribution in [2.75, 3.05) is 45.1 Å². The van der Waals surface area contributed by atoms with E-state index in [0.29, 0.717) is 6.04 Å². The van der Waals surface area contributed by atoms with Crippen molar-refractivity contribution < 1.29 is 4.74 Å². The standard InChI is InChI=1S/C16H27N3O/c1-3-14(2)19-10-8-18(9-11-19)12-13-20-16-6-4-15(17)5-7-16/h4-7,14H,3,8-13,17H2,1-2H3. The first-order chi connectivity index (χ1) is 9.69. The van der Waals surface area contributed by atoms with Gasteiger partial charge in [0, 0.05) is 44.5 Å². The molecule has 1 atom stereocenters. The minimum atomic E-state index is 0.711. The largest absolute Gasteiger partial charge is 0.492 e. The zero-order chi connectivity index (χ0) is 14.4. The second kappa shape index (κ2) is 7.50. The third-order valence-electron chi connectivity index (χ3n) is 4.18. The third kappa shape index (κ3) is 4.39. The zero-order valence-corrected chi connectivity index (χ0v) is 12.7. The van der Waals surface area contributed by atoms with Gasteiger partial charge in [0.2, 0.25) is 0 Å². The summed E-state index contributed by atoms with van der Waals surface area (Å²) >= 11 is 0. The van der Waals surface area contributed by atoms with Gasteiger partial charge in [-0.1, -0.05) is 6.92 Å². The molecule has 0 aliphatic carbocycles. The van der Waals surface area contributed by atoms with E-state index < -0.39 is 0 Å². The topological polar surface area (TPSA) is 41.7 Å². The van der Waals surface area contributed by atoms with Crippen LogP contribution in [0.3, 0.4) is 0 Å². The quantitative estimate of drug-likeness (QED) is 0.808. The molecule has 2 rings (SSSR count). The number of hydrogen-bond acceptors (Lipinski definition) is 4. The third-order valence-corrected chi connectivity index (χ3v) is 4.18. The average Bonchev–Trinajstić information content (AvgIpc) is 2.49. The fraction of sp³-hybridized carbons (Fsp3) is 0.625. The Balaban J connectivity index is 1.65. The summed E-state index contributed by atoms with van der Waals surface area (Å²) in [5.74, 6) is 0.900. The molecule has 0 radical (unpaired) electrons. The van der Waals surface area contributed by atoms with Gasteiger partial charge >= 0.3 is 0 Å². The molecule has 112 valence electrons. The minimum absolute atomic E-state index is 0.711. The van der Waals surface area contributed by atoms with Gasteiger partial charge in [0.25, 0.3) is 0 Å². The van der Waals surface area contributed by atoms with E-state index in [1.54, 1.807) is 0 Å². The molecule has 1 fully saturated rings. The summed E-state index contributed by atoms with van der Waals surface area (Å²) in [6, 6.07) is 8.32. The maximum absolute atomic E-state index is 5.75.